The highest BCUT2D eigenvalue weighted by Gasteiger charge is 2.15. The van der Waals surface area contributed by atoms with Gasteiger partial charge >= 0.3 is 0 Å². The van der Waals surface area contributed by atoms with Crippen molar-refractivity contribution in [1.29, 1.82) is 0 Å². The number of ether oxygens (including phenoxy) is 1. The highest BCUT2D eigenvalue weighted by atomic mass is 19.1. The summed E-state index contributed by atoms with van der Waals surface area (Å²) >= 11 is 0. The smallest absolute Gasteiger partial charge is 0.160 e. The molecule has 0 aliphatic heterocycles. The third kappa shape index (κ3) is 3.21. The van der Waals surface area contributed by atoms with E-state index in [1.807, 2.05) is 0 Å². The molecule has 0 saturated carbocycles. The van der Waals surface area contributed by atoms with Crippen LogP contribution in [0.25, 0.3) is 0 Å². The fraction of sp³-hybridized carbons (Fsp3) is 0.200. The van der Waals surface area contributed by atoms with Gasteiger partial charge in [0.25, 0.3) is 0 Å². The molecule has 0 heterocycles. The number of hydrogen-bond acceptors (Lipinski definition) is 3. The average Bonchev–Trinajstić information content (AvgIpc) is 2.43. The molecule has 0 saturated heterocycles. The van der Waals surface area contributed by atoms with Gasteiger partial charge in [-0.25, -0.2) is 13.2 Å². The number of hydrogen-bond donors (Lipinski definition) is 2. The predicted octanol–water partition coefficient (Wildman–Crippen LogP) is 3.99. The first kappa shape index (κ1) is 15.0. The van der Waals surface area contributed by atoms with Gasteiger partial charge in [0.1, 0.15) is 11.5 Å². The van der Waals surface area contributed by atoms with E-state index in [1.54, 1.807) is 19.1 Å². The molecule has 0 aliphatic rings. The first-order valence-electron chi connectivity index (χ1n) is 6.20. The van der Waals surface area contributed by atoms with Crippen molar-refractivity contribution in [3.8, 4) is 11.5 Å². The fourth-order valence-electron chi connectivity index (χ4n) is 1.94. The molecule has 2 N–H and O–H groups in total. The summed E-state index contributed by atoms with van der Waals surface area (Å²) in [5.41, 5.74) is 0.240. The molecule has 3 nitrogen and oxygen atoms in total. The van der Waals surface area contributed by atoms with Crippen molar-refractivity contribution >= 4 is 5.69 Å². The molecule has 0 amide bonds. The summed E-state index contributed by atoms with van der Waals surface area (Å²) in [7, 11) is 1.40. The zero-order chi connectivity index (χ0) is 15.6. The van der Waals surface area contributed by atoms with Crippen LogP contribution in [0, 0.1) is 17.5 Å². The molecule has 0 aromatic heterocycles. The van der Waals surface area contributed by atoms with Crippen molar-refractivity contribution in [2.45, 2.75) is 13.0 Å². The molecule has 2 aromatic carbocycles. The lowest BCUT2D eigenvalue weighted by Gasteiger charge is -2.18. The second-order valence-corrected chi connectivity index (χ2v) is 4.54. The number of benzene rings is 2. The number of phenolic OH excluding ortho intramolecular Hbond substituents is 1. The molecular weight excluding hydrogens is 283 g/mol. The Kier molecular flexibility index (Phi) is 4.26. The van der Waals surface area contributed by atoms with E-state index >= 15 is 0 Å². The van der Waals surface area contributed by atoms with Gasteiger partial charge in [0, 0.05) is 18.2 Å². The van der Waals surface area contributed by atoms with E-state index in [-0.39, 0.29) is 11.5 Å². The van der Waals surface area contributed by atoms with Gasteiger partial charge in [-0.3, -0.25) is 0 Å². The van der Waals surface area contributed by atoms with E-state index in [0.717, 1.165) is 0 Å². The number of aromatic hydroxyl groups is 1. The van der Waals surface area contributed by atoms with Crippen molar-refractivity contribution in [2.75, 3.05) is 12.4 Å². The van der Waals surface area contributed by atoms with Gasteiger partial charge in [0.2, 0.25) is 0 Å². The Labute approximate surface area is 120 Å². The monoisotopic (exact) mass is 297 g/mol. The summed E-state index contributed by atoms with van der Waals surface area (Å²) < 4.78 is 45.0. The van der Waals surface area contributed by atoms with Crippen LogP contribution in [0.5, 0.6) is 11.5 Å². The maximum absolute atomic E-state index is 13.6. The minimum atomic E-state index is -1.01. The second-order valence-electron chi connectivity index (χ2n) is 4.54. The summed E-state index contributed by atoms with van der Waals surface area (Å²) in [5.74, 6) is -2.78. The van der Waals surface area contributed by atoms with Crippen LogP contribution in [0.2, 0.25) is 0 Å². The molecule has 0 radical (unpaired) electrons. The molecular formula is C15H14F3NO2. The highest BCUT2D eigenvalue weighted by Crippen LogP contribution is 2.31. The molecule has 6 heteroatoms. The number of phenols is 1. The predicted molar refractivity (Wildman–Crippen MR) is 73.0 cm³/mol. The van der Waals surface area contributed by atoms with Crippen LogP contribution in [0.3, 0.4) is 0 Å². The number of methoxy groups -OCH3 is 1. The van der Waals surface area contributed by atoms with E-state index in [0.29, 0.717) is 17.7 Å². The molecule has 0 aliphatic carbocycles. The van der Waals surface area contributed by atoms with Gasteiger partial charge in [-0.15, -0.1) is 0 Å². The standard InChI is InChI=1S/C15H14F3NO2/c1-8(9-3-4-13(20)14(5-9)21-2)19-15-11(17)6-10(16)7-12(15)18/h3-8,19-20H,1-2H3. The quantitative estimate of drug-likeness (QED) is 0.896. The maximum Gasteiger partial charge on any atom is 0.160 e. The van der Waals surface area contributed by atoms with E-state index < -0.39 is 29.2 Å². The van der Waals surface area contributed by atoms with Crippen molar-refractivity contribution in [1.82, 2.24) is 0 Å². The lowest BCUT2D eigenvalue weighted by atomic mass is 10.1. The Bertz CT molecular complexity index is 638. The van der Waals surface area contributed by atoms with Gasteiger partial charge in [-0.05, 0) is 24.6 Å². The van der Waals surface area contributed by atoms with Crippen LogP contribution in [0.4, 0.5) is 18.9 Å². The van der Waals surface area contributed by atoms with Crippen LogP contribution in [0.15, 0.2) is 30.3 Å². The summed E-state index contributed by atoms with van der Waals surface area (Å²) in [6, 6.07) is 5.30. The number of halogens is 3. The molecule has 2 rings (SSSR count). The van der Waals surface area contributed by atoms with Crippen molar-refractivity contribution < 1.29 is 23.0 Å². The first-order chi connectivity index (χ1) is 9.92. The summed E-state index contributed by atoms with van der Waals surface area (Å²) in [4.78, 5) is 0. The third-order valence-electron chi connectivity index (χ3n) is 3.07. The summed E-state index contributed by atoms with van der Waals surface area (Å²) in [6.07, 6.45) is 0. The van der Waals surface area contributed by atoms with Gasteiger partial charge in [0.15, 0.2) is 23.1 Å². The van der Waals surface area contributed by atoms with Gasteiger partial charge in [-0.2, -0.15) is 0 Å². The topological polar surface area (TPSA) is 41.5 Å². The molecule has 112 valence electrons. The van der Waals surface area contributed by atoms with E-state index in [2.05, 4.69) is 5.32 Å². The molecule has 1 atom stereocenters. The largest absolute Gasteiger partial charge is 0.504 e. The molecule has 0 bridgehead atoms. The van der Waals surface area contributed by atoms with E-state index in [1.165, 1.54) is 13.2 Å². The normalized spacial score (nSPS) is 12.0. The van der Waals surface area contributed by atoms with Crippen LogP contribution >= 0.6 is 0 Å². The van der Waals surface area contributed by atoms with E-state index in [9.17, 15) is 18.3 Å². The minimum absolute atomic E-state index is 0.0346. The number of anilines is 1. The average molecular weight is 297 g/mol. The summed E-state index contributed by atoms with van der Waals surface area (Å²) in [6.45, 7) is 1.67. The summed E-state index contributed by atoms with van der Waals surface area (Å²) in [5, 5.41) is 12.2. The Hall–Kier alpha value is -2.37. The first-order valence-corrected chi connectivity index (χ1v) is 6.20. The zero-order valence-electron chi connectivity index (χ0n) is 11.5. The minimum Gasteiger partial charge on any atom is -0.504 e. The third-order valence-corrected chi connectivity index (χ3v) is 3.07. The van der Waals surface area contributed by atoms with Crippen LogP contribution in [0.1, 0.15) is 18.5 Å². The SMILES string of the molecule is COc1cc(C(C)Nc2c(F)cc(F)cc2F)ccc1O. The Morgan fingerprint density at radius 1 is 1.10 bits per heavy atom. The van der Waals surface area contributed by atoms with Crippen LogP contribution in [-0.2, 0) is 0 Å². The molecule has 2 aromatic rings. The molecule has 1 unspecified atom stereocenters. The van der Waals surface area contributed by atoms with Crippen LogP contribution < -0.4 is 10.1 Å². The highest BCUT2D eigenvalue weighted by molar-refractivity contribution is 5.50. The lowest BCUT2D eigenvalue weighted by Crippen LogP contribution is -2.10. The number of rotatable bonds is 4. The van der Waals surface area contributed by atoms with Crippen molar-refractivity contribution in [3.63, 3.8) is 0 Å². The Balaban J connectivity index is 2.28. The Morgan fingerprint density at radius 3 is 2.29 bits per heavy atom. The van der Waals surface area contributed by atoms with Gasteiger partial charge in [0.05, 0.1) is 7.11 Å². The van der Waals surface area contributed by atoms with Gasteiger partial charge < -0.3 is 15.2 Å². The van der Waals surface area contributed by atoms with Crippen LogP contribution in [-0.4, -0.2) is 12.2 Å². The molecule has 0 spiro atoms. The number of nitrogens with one attached hydrogen (secondary N) is 1. The Morgan fingerprint density at radius 2 is 1.71 bits per heavy atom. The zero-order valence-corrected chi connectivity index (χ0v) is 11.5. The van der Waals surface area contributed by atoms with Crippen molar-refractivity contribution in [2.24, 2.45) is 0 Å². The van der Waals surface area contributed by atoms with Crippen molar-refractivity contribution in [3.05, 3.63) is 53.3 Å². The van der Waals surface area contributed by atoms with E-state index in [4.69, 9.17) is 4.74 Å². The molecule has 0 fully saturated rings. The molecule has 21 heavy (non-hydrogen) atoms. The van der Waals surface area contributed by atoms with Gasteiger partial charge in [-0.1, -0.05) is 6.07 Å². The second kappa shape index (κ2) is 5.95. The fourth-order valence-corrected chi connectivity index (χ4v) is 1.94. The maximum atomic E-state index is 13.6. The lowest BCUT2D eigenvalue weighted by molar-refractivity contribution is 0.373.